The molecule has 2 heteroatoms. The molecule has 25 heavy (non-hydrogen) atoms. The van der Waals surface area contributed by atoms with Crippen molar-refractivity contribution in [1.29, 1.82) is 0 Å². The molecule has 0 aromatic heterocycles. The Balaban J connectivity index is 0.000000880. The average Bonchev–Trinajstić information content (AvgIpc) is 2.94. The zero-order valence-electron chi connectivity index (χ0n) is 16.8. The van der Waals surface area contributed by atoms with Crippen molar-refractivity contribution >= 4 is 5.78 Å². The molecule has 2 unspecified atom stereocenters. The minimum absolute atomic E-state index is 0.299. The van der Waals surface area contributed by atoms with E-state index in [2.05, 4.69) is 13.8 Å². The van der Waals surface area contributed by atoms with E-state index in [1.165, 1.54) is 37.7 Å². The van der Waals surface area contributed by atoms with Crippen LogP contribution in [-0.2, 0) is 4.79 Å². The van der Waals surface area contributed by atoms with Gasteiger partial charge >= 0.3 is 0 Å². The molecule has 0 radical (unpaired) electrons. The van der Waals surface area contributed by atoms with Gasteiger partial charge in [0.1, 0.15) is 0 Å². The first kappa shape index (κ1) is 19.1. The van der Waals surface area contributed by atoms with E-state index < -0.39 is 0 Å². The molecule has 0 aliphatic heterocycles. The first-order valence-electron chi connectivity index (χ1n) is 10.8. The summed E-state index contributed by atoms with van der Waals surface area (Å²) in [5, 5.41) is 9.44. The van der Waals surface area contributed by atoms with Crippen molar-refractivity contribution in [2.45, 2.75) is 85.5 Å². The molecule has 4 rings (SSSR count). The second-order valence-corrected chi connectivity index (χ2v) is 9.30. The van der Waals surface area contributed by atoms with Crippen molar-refractivity contribution in [2.24, 2.45) is 34.5 Å². The molecular weight excluding hydrogens is 308 g/mol. The number of aliphatic hydroxyl groups is 1. The lowest BCUT2D eigenvalue weighted by atomic mass is 9.47. The standard InChI is InChI=1S/C21H32O2.C2H6/c1-20-11-8-19-17(18(20)6-4-14(20)9-12-22)5-3-15-13-16(23)7-10-21(15,19)2;1-2/h13-14,17-19,22H,3-12H2,1-2H3;1-2H3/t14-,17+,18?,19?,20-,21+;/m1./s1. The van der Waals surface area contributed by atoms with Crippen LogP contribution in [0.1, 0.15) is 85.5 Å². The summed E-state index contributed by atoms with van der Waals surface area (Å²) < 4.78 is 0. The van der Waals surface area contributed by atoms with Gasteiger partial charge in [0.2, 0.25) is 0 Å². The van der Waals surface area contributed by atoms with E-state index in [9.17, 15) is 9.90 Å². The van der Waals surface area contributed by atoms with E-state index in [1.807, 2.05) is 19.9 Å². The fraction of sp³-hybridized carbons (Fsp3) is 0.870. The van der Waals surface area contributed by atoms with Crippen molar-refractivity contribution in [3.05, 3.63) is 11.6 Å². The van der Waals surface area contributed by atoms with Crippen molar-refractivity contribution in [1.82, 2.24) is 0 Å². The van der Waals surface area contributed by atoms with Crippen LogP contribution in [0.2, 0.25) is 0 Å². The van der Waals surface area contributed by atoms with Crippen LogP contribution in [0.3, 0.4) is 0 Å². The van der Waals surface area contributed by atoms with Crippen LogP contribution >= 0.6 is 0 Å². The Morgan fingerprint density at radius 3 is 2.52 bits per heavy atom. The highest BCUT2D eigenvalue weighted by Gasteiger charge is 2.58. The molecule has 0 amide bonds. The Labute approximate surface area is 154 Å². The maximum atomic E-state index is 11.9. The largest absolute Gasteiger partial charge is 0.396 e. The second-order valence-electron chi connectivity index (χ2n) is 9.30. The van der Waals surface area contributed by atoms with Gasteiger partial charge in [0.25, 0.3) is 0 Å². The quantitative estimate of drug-likeness (QED) is 0.712. The van der Waals surface area contributed by atoms with Gasteiger partial charge in [-0.05, 0) is 91.9 Å². The van der Waals surface area contributed by atoms with Crippen molar-refractivity contribution in [3.8, 4) is 0 Å². The smallest absolute Gasteiger partial charge is 0.155 e. The van der Waals surface area contributed by atoms with Gasteiger partial charge in [-0.1, -0.05) is 33.3 Å². The third-order valence-electron chi connectivity index (χ3n) is 8.64. The van der Waals surface area contributed by atoms with E-state index in [1.54, 1.807) is 0 Å². The molecule has 1 N–H and O–H groups in total. The highest BCUT2D eigenvalue weighted by atomic mass is 16.3. The number of carbonyl (C=O) groups is 1. The predicted octanol–water partition coefficient (Wildman–Crippen LogP) is 5.54. The Morgan fingerprint density at radius 1 is 1.04 bits per heavy atom. The second kappa shape index (κ2) is 7.18. The van der Waals surface area contributed by atoms with Gasteiger partial charge in [-0.15, -0.1) is 0 Å². The highest BCUT2D eigenvalue weighted by Crippen LogP contribution is 2.66. The summed E-state index contributed by atoms with van der Waals surface area (Å²) in [6.45, 7) is 9.35. The van der Waals surface area contributed by atoms with E-state index >= 15 is 0 Å². The van der Waals surface area contributed by atoms with E-state index in [4.69, 9.17) is 0 Å². The zero-order chi connectivity index (χ0) is 18.2. The molecule has 4 aliphatic carbocycles. The van der Waals surface area contributed by atoms with Crippen molar-refractivity contribution < 1.29 is 9.90 Å². The molecule has 3 saturated carbocycles. The fourth-order valence-corrected chi connectivity index (χ4v) is 7.30. The Kier molecular flexibility index (Phi) is 5.49. The first-order valence-corrected chi connectivity index (χ1v) is 10.8. The van der Waals surface area contributed by atoms with Gasteiger partial charge in [0.15, 0.2) is 5.78 Å². The van der Waals surface area contributed by atoms with Crippen LogP contribution in [-0.4, -0.2) is 17.5 Å². The summed E-state index contributed by atoms with van der Waals surface area (Å²) in [6.07, 6.45) is 12.7. The molecule has 4 aliphatic rings. The average molecular weight is 347 g/mol. The maximum Gasteiger partial charge on any atom is 0.155 e. The number of hydrogen-bond donors (Lipinski definition) is 1. The zero-order valence-corrected chi connectivity index (χ0v) is 16.8. The van der Waals surface area contributed by atoms with Crippen molar-refractivity contribution in [2.75, 3.05) is 6.61 Å². The summed E-state index contributed by atoms with van der Waals surface area (Å²) in [5.74, 6) is 3.60. The summed E-state index contributed by atoms with van der Waals surface area (Å²) in [5.41, 5.74) is 2.24. The molecule has 6 atom stereocenters. The van der Waals surface area contributed by atoms with Crippen LogP contribution in [0, 0.1) is 34.5 Å². The minimum Gasteiger partial charge on any atom is -0.396 e. The van der Waals surface area contributed by atoms with Crippen LogP contribution in [0.4, 0.5) is 0 Å². The number of carbonyl (C=O) groups excluding carboxylic acids is 1. The summed E-state index contributed by atoms with van der Waals surface area (Å²) in [7, 11) is 0. The van der Waals surface area contributed by atoms with Gasteiger partial charge in [-0.3, -0.25) is 4.79 Å². The van der Waals surface area contributed by atoms with Gasteiger partial charge in [0, 0.05) is 13.0 Å². The molecule has 3 fully saturated rings. The summed E-state index contributed by atoms with van der Waals surface area (Å²) >= 11 is 0. The van der Waals surface area contributed by atoms with Crippen molar-refractivity contribution in [3.63, 3.8) is 0 Å². The molecule has 0 saturated heterocycles. The first-order chi connectivity index (χ1) is 12.0. The van der Waals surface area contributed by atoms with Crippen LogP contribution in [0.5, 0.6) is 0 Å². The summed E-state index contributed by atoms with van der Waals surface area (Å²) in [6, 6.07) is 0. The lowest BCUT2D eigenvalue weighted by molar-refractivity contribution is -0.117. The number of rotatable bonds is 2. The molecule has 2 nitrogen and oxygen atoms in total. The highest BCUT2D eigenvalue weighted by molar-refractivity contribution is 5.91. The Morgan fingerprint density at radius 2 is 1.80 bits per heavy atom. The molecule has 0 spiro atoms. The lowest BCUT2D eigenvalue weighted by Gasteiger charge is -2.58. The van der Waals surface area contributed by atoms with E-state index in [-0.39, 0.29) is 0 Å². The molecular formula is C23H38O2. The third kappa shape index (κ3) is 2.93. The number of hydrogen-bond acceptors (Lipinski definition) is 2. The maximum absolute atomic E-state index is 11.9. The number of fused-ring (bicyclic) bond motifs is 5. The third-order valence-corrected chi connectivity index (χ3v) is 8.64. The topological polar surface area (TPSA) is 37.3 Å². The van der Waals surface area contributed by atoms with Gasteiger partial charge in [-0.25, -0.2) is 0 Å². The number of ketones is 1. The van der Waals surface area contributed by atoms with Gasteiger partial charge < -0.3 is 5.11 Å². The van der Waals surface area contributed by atoms with Crippen LogP contribution in [0.25, 0.3) is 0 Å². The van der Waals surface area contributed by atoms with Gasteiger partial charge in [0.05, 0.1) is 0 Å². The minimum atomic E-state index is 0.299. The van der Waals surface area contributed by atoms with E-state index in [0.717, 1.165) is 49.4 Å². The Bertz CT molecular complexity index is 536. The number of aliphatic hydroxyl groups excluding tert-OH is 1. The van der Waals surface area contributed by atoms with Gasteiger partial charge in [-0.2, -0.15) is 0 Å². The molecule has 0 aromatic rings. The number of allylic oxidation sites excluding steroid dienone is 1. The molecule has 0 bridgehead atoms. The monoisotopic (exact) mass is 346 g/mol. The summed E-state index contributed by atoms with van der Waals surface area (Å²) in [4.78, 5) is 11.9. The molecule has 142 valence electrons. The molecule has 0 aromatic carbocycles. The fourth-order valence-electron chi connectivity index (χ4n) is 7.30. The predicted molar refractivity (Wildman–Crippen MR) is 103 cm³/mol. The van der Waals surface area contributed by atoms with Crippen LogP contribution < -0.4 is 0 Å². The molecule has 0 heterocycles. The normalized spacial score (nSPS) is 45.5. The lowest BCUT2D eigenvalue weighted by Crippen LogP contribution is -2.50. The van der Waals surface area contributed by atoms with E-state index in [0.29, 0.717) is 23.2 Å². The Hall–Kier alpha value is -0.630. The SMILES string of the molecule is CC.C[C@]12CCC(=O)C=C1CC[C@@H]1C2CC[C@@]2(C)C1CC[C@@H]2CCO. The van der Waals surface area contributed by atoms with Crippen LogP contribution in [0.15, 0.2) is 11.6 Å².